The third-order valence-corrected chi connectivity index (χ3v) is 2.72. The standard InChI is InChI=1S/C13H16ClN3O2S/c1-9(18)15-13(20)17-11-6-4-10(5-7-11)16-12(19)3-2-8-14/h4-7H,2-3,8H2,1H3,(H,16,19)(H2,15,17,18,20). The maximum atomic E-state index is 11.5. The Morgan fingerprint density at radius 3 is 2.20 bits per heavy atom. The summed E-state index contributed by atoms with van der Waals surface area (Å²) in [6.45, 7) is 1.38. The number of anilines is 2. The van der Waals surface area contributed by atoms with Crippen molar-refractivity contribution in [3.05, 3.63) is 24.3 Å². The minimum Gasteiger partial charge on any atom is -0.332 e. The Bertz CT molecular complexity index is 491. The Morgan fingerprint density at radius 1 is 1.15 bits per heavy atom. The highest BCUT2D eigenvalue weighted by Crippen LogP contribution is 2.14. The summed E-state index contributed by atoms with van der Waals surface area (Å²) in [4.78, 5) is 22.3. The average molecular weight is 314 g/mol. The van der Waals surface area contributed by atoms with Gasteiger partial charge in [0.1, 0.15) is 0 Å². The first-order valence-electron chi connectivity index (χ1n) is 6.05. The number of alkyl halides is 1. The van der Waals surface area contributed by atoms with Crippen LogP contribution >= 0.6 is 23.8 Å². The molecule has 7 heteroatoms. The second-order valence-electron chi connectivity index (χ2n) is 4.05. The van der Waals surface area contributed by atoms with Crippen molar-refractivity contribution in [2.75, 3.05) is 16.5 Å². The van der Waals surface area contributed by atoms with E-state index in [2.05, 4.69) is 16.0 Å². The van der Waals surface area contributed by atoms with Crippen molar-refractivity contribution in [2.24, 2.45) is 0 Å². The summed E-state index contributed by atoms with van der Waals surface area (Å²) < 4.78 is 0. The van der Waals surface area contributed by atoms with Gasteiger partial charge in [0.25, 0.3) is 0 Å². The molecular weight excluding hydrogens is 298 g/mol. The molecule has 0 radical (unpaired) electrons. The lowest BCUT2D eigenvalue weighted by molar-refractivity contribution is -0.117. The van der Waals surface area contributed by atoms with Crippen LogP contribution in [0.15, 0.2) is 24.3 Å². The number of hydrogen-bond donors (Lipinski definition) is 3. The largest absolute Gasteiger partial charge is 0.332 e. The van der Waals surface area contributed by atoms with Gasteiger partial charge in [-0.05, 0) is 42.9 Å². The fourth-order valence-electron chi connectivity index (χ4n) is 1.41. The summed E-state index contributed by atoms with van der Waals surface area (Å²) in [7, 11) is 0. The van der Waals surface area contributed by atoms with E-state index in [1.165, 1.54) is 6.92 Å². The summed E-state index contributed by atoms with van der Waals surface area (Å²) in [5.74, 6) is 0.169. The molecule has 0 aliphatic carbocycles. The molecule has 0 bridgehead atoms. The highest BCUT2D eigenvalue weighted by atomic mass is 35.5. The fraction of sp³-hybridized carbons (Fsp3) is 0.308. The maximum Gasteiger partial charge on any atom is 0.224 e. The molecule has 0 saturated carbocycles. The maximum absolute atomic E-state index is 11.5. The Morgan fingerprint density at radius 2 is 1.70 bits per heavy atom. The van der Waals surface area contributed by atoms with Crippen LogP contribution in [0.1, 0.15) is 19.8 Å². The van der Waals surface area contributed by atoms with E-state index in [0.29, 0.717) is 24.4 Å². The number of hydrogen-bond acceptors (Lipinski definition) is 3. The summed E-state index contributed by atoms with van der Waals surface area (Å²) in [6, 6.07) is 7.01. The highest BCUT2D eigenvalue weighted by molar-refractivity contribution is 7.80. The van der Waals surface area contributed by atoms with Gasteiger partial charge in [-0.25, -0.2) is 0 Å². The number of thiocarbonyl (C=S) groups is 1. The molecule has 0 saturated heterocycles. The lowest BCUT2D eigenvalue weighted by Crippen LogP contribution is -2.32. The van der Waals surface area contributed by atoms with E-state index < -0.39 is 0 Å². The van der Waals surface area contributed by atoms with E-state index in [9.17, 15) is 9.59 Å². The summed E-state index contributed by atoms with van der Waals surface area (Å²) in [5, 5.41) is 8.31. The van der Waals surface area contributed by atoms with E-state index in [4.69, 9.17) is 23.8 Å². The summed E-state index contributed by atoms with van der Waals surface area (Å²) in [5.41, 5.74) is 1.42. The molecule has 3 N–H and O–H groups in total. The van der Waals surface area contributed by atoms with Crippen LogP contribution in [0.3, 0.4) is 0 Å². The minimum atomic E-state index is -0.231. The van der Waals surface area contributed by atoms with Gasteiger partial charge >= 0.3 is 0 Å². The summed E-state index contributed by atoms with van der Waals surface area (Å²) in [6.07, 6.45) is 1.05. The van der Waals surface area contributed by atoms with Crippen molar-refractivity contribution in [1.29, 1.82) is 0 Å². The topological polar surface area (TPSA) is 70.2 Å². The summed E-state index contributed by atoms with van der Waals surface area (Å²) >= 11 is 10.5. The van der Waals surface area contributed by atoms with Crippen LogP contribution < -0.4 is 16.0 Å². The van der Waals surface area contributed by atoms with Crippen molar-refractivity contribution < 1.29 is 9.59 Å². The van der Waals surface area contributed by atoms with E-state index in [-0.39, 0.29) is 16.9 Å². The predicted molar refractivity (Wildman–Crippen MR) is 85.1 cm³/mol. The van der Waals surface area contributed by atoms with Crippen LogP contribution in [-0.4, -0.2) is 22.8 Å². The Balaban J connectivity index is 2.49. The monoisotopic (exact) mass is 313 g/mol. The Kier molecular flexibility index (Phi) is 6.97. The van der Waals surface area contributed by atoms with E-state index >= 15 is 0 Å². The molecule has 5 nitrogen and oxygen atoms in total. The van der Waals surface area contributed by atoms with E-state index in [1.807, 2.05) is 0 Å². The van der Waals surface area contributed by atoms with Gasteiger partial charge in [0, 0.05) is 30.6 Å². The first-order chi connectivity index (χ1) is 9.51. The third kappa shape index (κ3) is 6.49. The Hall–Kier alpha value is -1.66. The Labute approximate surface area is 128 Å². The molecule has 0 atom stereocenters. The number of carbonyl (C=O) groups is 2. The SMILES string of the molecule is CC(=O)NC(=S)Nc1ccc(NC(=O)CCCCl)cc1. The van der Waals surface area contributed by atoms with Gasteiger partial charge in [-0.2, -0.15) is 0 Å². The molecule has 0 fully saturated rings. The minimum absolute atomic E-state index is 0.0693. The van der Waals surface area contributed by atoms with E-state index in [1.54, 1.807) is 24.3 Å². The van der Waals surface area contributed by atoms with Gasteiger partial charge in [-0.1, -0.05) is 0 Å². The van der Waals surface area contributed by atoms with Gasteiger partial charge < -0.3 is 16.0 Å². The molecule has 1 aromatic carbocycles. The third-order valence-electron chi connectivity index (χ3n) is 2.25. The van der Waals surface area contributed by atoms with Crippen molar-refractivity contribution in [2.45, 2.75) is 19.8 Å². The molecule has 0 unspecified atom stereocenters. The van der Waals surface area contributed by atoms with Gasteiger partial charge in [0.2, 0.25) is 11.8 Å². The molecule has 1 aromatic rings. The molecule has 0 spiro atoms. The molecule has 20 heavy (non-hydrogen) atoms. The van der Waals surface area contributed by atoms with Gasteiger partial charge in [-0.3, -0.25) is 9.59 Å². The molecular formula is C13H16ClN3O2S. The first kappa shape index (κ1) is 16.4. The van der Waals surface area contributed by atoms with E-state index in [0.717, 1.165) is 5.69 Å². The first-order valence-corrected chi connectivity index (χ1v) is 7.00. The van der Waals surface area contributed by atoms with Crippen molar-refractivity contribution in [1.82, 2.24) is 5.32 Å². The second kappa shape index (κ2) is 8.50. The van der Waals surface area contributed by atoms with Gasteiger partial charge in [-0.15, -0.1) is 11.6 Å². The second-order valence-corrected chi connectivity index (χ2v) is 4.84. The zero-order valence-electron chi connectivity index (χ0n) is 11.0. The van der Waals surface area contributed by atoms with Crippen molar-refractivity contribution in [3.8, 4) is 0 Å². The van der Waals surface area contributed by atoms with Crippen molar-refractivity contribution in [3.63, 3.8) is 0 Å². The zero-order valence-corrected chi connectivity index (χ0v) is 12.6. The van der Waals surface area contributed by atoms with Crippen LogP contribution in [-0.2, 0) is 9.59 Å². The number of carbonyl (C=O) groups excluding carboxylic acids is 2. The predicted octanol–water partition coefficient (Wildman–Crippen LogP) is 2.48. The normalized spacial score (nSPS) is 9.70. The molecule has 1 rings (SSSR count). The molecule has 108 valence electrons. The number of amides is 2. The van der Waals surface area contributed by atoms with Crippen LogP contribution in [0.25, 0.3) is 0 Å². The number of nitrogens with one attached hydrogen (secondary N) is 3. The lowest BCUT2D eigenvalue weighted by Gasteiger charge is -2.09. The fourth-order valence-corrected chi connectivity index (χ4v) is 1.81. The molecule has 0 aliphatic heterocycles. The number of rotatable bonds is 5. The lowest BCUT2D eigenvalue weighted by atomic mass is 10.2. The highest BCUT2D eigenvalue weighted by Gasteiger charge is 2.03. The van der Waals surface area contributed by atoms with Crippen LogP contribution in [0.2, 0.25) is 0 Å². The van der Waals surface area contributed by atoms with Gasteiger partial charge in [0.05, 0.1) is 0 Å². The molecule has 0 aromatic heterocycles. The van der Waals surface area contributed by atoms with Crippen LogP contribution in [0.4, 0.5) is 11.4 Å². The number of benzene rings is 1. The van der Waals surface area contributed by atoms with Crippen LogP contribution in [0.5, 0.6) is 0 Å². The average Bonchev–Trinajstić information content (AvgIpc) is 2.37. The zero-order chi connectivity index (χ0) is 15.0. The van der Waals surface area contributed by atoms with Gasteiger partial charge in [0.15, 0.2) is 5.11 Å². The molecule has 0 heterocycles. The number of halogens is 1. The molecule has 2 amide bonds. The molecule has 0 aliphatic rings. The van der Waals surface area contributed by atoms with Crippen LogP contribution in [0, 0.1) is 0 Å². The smallest absolute Gasteiger partial charge is 0.224 e. The quantitative estimate of drug-likeness (QED) is 0.577. The van der Waals surface area contributed by atoms with Crippen molar-refractivity contribution >= 4 is 52.1 Å².